The summed E-state index contributed by atoms with van der Waals surface area (Å²) in [6.45, 7) is 5.88. The molecule has 0 saturated heterocycles. The largest absolute Gasteiger partial charge is 0.357 e. The van der Waals surface area contributed by atoms with Crippen molar-refractivity contribution in [3.63, 3.8) is 0 Å². The Kier molecular flexibility index (Phi) is 5.88. The number of hydrogen-bond donors (Lipinski definition) is 3. The molecule has 1 aromatic rings. The molecule has 110 valence electrons. The minimum atomic E-state index is -0.293. The van der Waals surface area contributed by atoms with E-state index < -0.39 is 0 Å². The van der Waals surface area contributed by atoms with Crippen LogP contribution in [0.25, 0.3) is 0 Å². The third-order valence-corrected chi connectivity index (χ3v) is 2.59. The number of nitrogens with one attached hydrogen (secondary N) is 3. The maximum absolute atomic E-state index is 13.4. The molecule has 0 heterocycles. The van der Waals surface area contributed by atoms with Crippen LogP contribution < -0.4 is 16.2 Å². The van der Waals surface area contributed by atoms with Gasteiger partial charge in [0.2, 0.25) is 5.91 Å². The Hall–Kier alpha value is -1.69. The molecule has 0 bridgehead atoms. The van der Waals surface area contributed by atoms with E-state index in [9.17, 15) is 9.18 Å². The van der Waals surface area contributed by atoms with Gasteiger partial charge in [-0.25, -0.2) is 4.39 Å². The molecular weight excluding hydrogens is 277 g/mol. The lowest BCUT2D eigenvalue weighted by Gasteiger charge is -2.23. The number of thiocarbonyl (C=S) groups is 1. The topological polar surface area (TPSA) is 53.2 Å². The van der Waals surface area contributed by atoms with Gasteiger partial charge in [0.25, 0.3) is 0 Å². The van der Waals surface area contributed by atoms with Crippen LogP contribution in [0.1, 0.15) is 32.8 Å². The van der Waals surface area contributed by atoms with Crippen LogP contribution in [0.4, 0.5) is 4.39 Å². The van der Waals surface area contributed by atoms with Crippen molar-refractivity contribution in [2.24, 2.45) is 0 Å². The quantitative estimate of drug-likeness (QED) is 0.590. The van der Waals surface area contributed by atoms with Crippen LogP contribution in [-0.4, -0.2) is 16.6 Å². The second kappa shape index (κ2) is 7.19. The minimum Gasteiger partial charge on any atom is -0.357 e. The molecule has 0 fully saturated rings. The molecule has 3 N–H and O–H groups in total. The molecule has 0 spiro atoms. The zero-order valence-electron chi connectivity index (χ0n) is 11.9. The van der Waals surface area contributed by atoms with Gasteiger partial charge < -0.3 is 5.32 Å². The molecule has 1 amide bonds. The first kappa shape index (κ1) is 16.4. The summed E-state index contributed by atoms with van der Waals surface area (Å²) < 4.78 is 13.4. The molecule has 1 aromatic carbocycles. The second-order valence-electron chi connectivity index (χ2n) is 5.47. The third-order valence-electron chi connectivity index (χ3n) is 2.38. The number of aryl methyl sites for hydroxylation is 1. The number of carbonyl (C=O) groups is 1. The summed E-state index contributed by atoms with van der Waals surface area (Å²) in [4.78, 5) is 11.6. The fourth-order valence-electron chi connectivity index (χ4n) is 1.51. The summed E-state index contributed by atoms with van der Waals surface area (Å²) in [6, 6.07) is 6.42. The smallest absolute Gasteiger partial charge is 0.238 e. The van der Waals surface area contributed by atoms with Gasteiger partial charge >= 0.3 is 0 Å². The van der Waals surface area contributed by atoms with Crippen molar-refractivity contribution in [1.29, 1.82) is 0 Å². The van der Waals surface area contributed by atoms with Crippen LogP contribution in [-0.2, 0) is 11.2 Å². The maximum Gasteiger partial charge on any atom is 0.238 e. The lowest BCUT2D eigenvalue weighted by Crippen LogP contribution is -2.52. The Bertz CT molecular complexity index is 486. The summed E-state index contributed by atoms with van der Waals surface area (Å²) >= 11 is 5.02. The molecule has 4 nitrogen and oxygen atoms in total. The van der Waals surface area contributed by atoms with Crippen LogP contribution in [0.2, 0.25) is 0 Å². The van der Waals surface area contributed by atoms with Crippen molar-refractivity contribution in [3.8, 4) is 0 Å². The van der Waals surface area contributed by atoms with Gasteiger partial charge in [0.1, 0.15) is 5.82 Å². The minimum absolute atomic E-state index is 0.179. The summed E-state index contributed by atoms with van der Waals surface area (Å²) in [5, 5.41) is 3.35. The van der Waals surface area contributed by atoms with Gasteiger partial charge in [-0.2, -0.15) is 0 Å². The van der Waals surface area contributed by atoms with Gasteiger partial charge in [-0.3, -0.25) is 15.6 Å². The van der Waals surface area contributed by atoms with Gasteiger partial charge in [-0.05, 0) is 51.0 Å². The Labute approximate surface area is 124 Å². The highest BCUT2D eigenvalue weighted by molar-refractivity contribution is 7.80. The van der Waals surface area contributed by atoms with Crippen LogP contribution in [0.15, 0.2) is 24.3 Å². The second-order valence-corrected chi connectivity index (χ2v) is 5.88. The van der Waals surface area contributed by atoms with Gasteiger partial charge in [0, 0.05) is 12.0 Å². The van der Waals surface area contributed by atoms with Crippen molar-refractivity contribution in [2.45, 2.75) is 39.2 Å². The predicted octanol–water partition coefficient (Wildman–Crippen LogP) is 2.05. The Morgan fingerprint density at radius 3 is 2.50 bits per heavy atom. The van der Waals surface area contributed by atoms with E-state index in [2.05, 4.69) is 16.2 Å². The number of hydrogen-bond acceptors (Lipinski definition) is 2. The Morgan fingerprint density at radius 1 is 1.25 bits per heavy atom. The number of hydrazine groups is 1. The average Bonchev–Trinajstić information content (AvgIpc) is 2.33. The normalized spacial score (nSPS) is 10.8. The van der Waals surface area contributed by atoms with Gasteiger partial charge in [0.15, 0.2) is 5.11 Å². The van der Waals surface area contributed by atoms with Crippen molar-refractivity contribution in [3.05, 3.63) is 35.6 Å². The highest BCUT2D eigenvalue weighted by atomic mass is 32.1. The molecule has 0 radical (unpaired) electrons. The lowest BCUT2D eigenvalue weighted by molar-refractivity contribution is -0.121. The first-order chi connectivity index (χ1) is 9.28. The molecule has 0 unspecified atom stereocenters. The number of halogens is 1. The van der Waals surface area contributed by atoms with E-state index in [4.69, 9.17) is 12.2 Å². The Balaban J connectivity index is 2.31. The molecule has 0 atom stereocenters. The highest BCUT2D eigenvalue weighted by Crippen LogP contribution is 2.08. The molecule has 0 aliphatic rings. The van der Waals surface area contributed by atoms with E-state index in [-0.39, 0.29) is 23.7 Å². The van der Waals surface area contributed by atoms with Crippen molar-refractivity contribution < 1.29 is 9.18 Å². The average molecular weight is 297 g/mol. The van der Waals surface area contributed by atoms with E-state index in [0.717, 1.165) is 0 Å². The van der Waals surface area contributed by atoms with Crippen LogP contribution in [0.3, 0.4) is 0 Å². The van der Waals surface area contributed by atoms with Gasteiger partial charge in [-0.15, -0.1) is 0 Å². The predicted molar refractivity (Wildman–Crippen MR) is 81.5 cm³/mol. The first-order valence-electron chi connectivity index (χ1n) is 6.38. The van der Waals surface area contributed by atoms with Crippen LogP contribution in [0.5, 0.6) is 0 Å². The fraction of sp³-hybridized carbons (Fsp3) is 0.429. The zero-order chi connectivity index (χ0) is 15.2. The first-order valence-corrected chi connectivity index (χ1v) is 6.79. The third kappa shape index (κ3) is 6.47. The van der Waals surface area contributed by atoms with E-state index >= 15 is 0 Å². The van der Waals surface area contributed by atoms with Crippen LogP contribution in [0, 0.1) is 5.82 Å². The molecule has 20 heavy (non-hydrogen) atoms. The van der Waals surface area contributed by atoms with E-state index in [0.29, 0.717) is 17.1 Å². The van der Waals surface area contributed by atoms with E-state index in [1.54, 1.807) is 18.2 Å². The fourth-order valence-corrected chi connectivity index (χ4v) is 1.87. The van der Waals surface area contributed by atoms with Crippen molar-refractivity contribution >= 4 is 23.2 Å². The summed E-state index contributed by atoms with van der Waals surface area (Å²) in [6.07, 6.45) is 0.533. The van der Waals surface area contributed by atoms with Crippen molar-refractivity contribution in [1.82, 2.24) is 16.2 Å². The number of carbonyl (C=O) groups excluding carboxylic acids is 1. The van der Waals surface area contributed by atoms with Crippen LogP contribution >= 0.6 is 12.2 Å². The summed E-state index contributed by atoms with van der Waals surface area (Å²) in [7, 11) is 0. The lowest BCUT2D eigenvalue weighted by atomic mass is 10.1. The molecule has 1 rings (SSSR count). The SMILES string of the molecule is CC(C)(C)NC(=S)NNC(=O)CCc1ccccc1F. The molecule has 0 aliphatic heterocycles. The summed E-state index contributed by atoms with van der Waals surface area (Å²) in [5.74, 6) is -0.538. The highest BCUT2D eigenvalue weighted by Gasteiger charge is 2.11. The Morgan fingerprint density at radius 2 is 1.90 bits per heavy atom. The monoisotopic (exact) mass is 297 g/mol. The molecule has 0 aliphatic carbocycles. The van der Waals surface area contributed by atoms with E-state index in [1.807, 2.05) is 20.8 Å². The van der Waals surface area contributed by atoms with Crippen molar-refractivity contribution in [2.75, 3.05) is 0 Å². The molecular formula is C14H20FN3OS. The molecule has 6 heteroatoms. The number of rotatable bonds is 3. The maximum atomic E-state index is 13.4. The molecule has 0 aromatic heterocycles. The van der Waals surface area contributed by atoms with Gasteiger partial charge in [-0.1, -0.05) is 18.2 Å². The zero-order valence-corrected chi connectivity index (χ0v) is 12.7. The van der Waals surface area contributed by atoms with Gasteiger partial charge in [0.05, 0.1) is 0 Å². The standard InChI is InChI=1S/C14H20FN3OS/c1-14(2,3)16-13(20)18-17-12(19)9-8-10-6-4-5-7-11(10)15/h4-7H,8-9H2,1-3H3,(H,17,19)(H2,16,18,20). The molecule has 0 saturated carbocycles. The summed E-state index contributed by atoms with van der Waals surface area (Å²) in [5.41, 5.74) is 5.44. The van der Waals surface area contributed by atoms with E-state index in [1.165, 1.54) is 6.07 Å². The number of benzene rings is 1. The number of amides is 1.